The van der Waals surface area contributed by atoms with E-state index in [4.69, 9.17) is 4.98 Å². The Morgan fingerprint density at radius 3 is 2.21 bits per heavy atom. The number of amides is 1. The van der Waals surface area contributed by atoms with E-state index in [2.05, 4.69) is 11.0 Å². The number of hydrogen-bond acceptors (Lipinski definition) is 6. The van der Waals surface area contributed by atoms with Gasteiger partial charge in [0.25, 0.3) is 15.9 Å². The zero-order valence-corrected chi connectivity index (χ0v) is 20.3. The third-order valence-corrected chi connectivity index (χ3v) is 8.90. The maximum atomic E-state index is 13.0. The van der Waals surface area contributed by atoms with Gasteiger partial charge in [-0.05, 0) is 48.5 Å². The third kappa shape index (κ3) is 4.24. The van der Waals surface area contributed by atoms with Crippen LogP contribution in [0.3, 0.4) is 0 Å². The normalized spacial score (nSPS) is 14.4. The highest BCUT2D eigenvalue weighted by Crippen LogP contribution is 2.29. The molecule has 174 valence electrons. The Morgan fingerprint density at radius 2 is 1.53 bits per heavy atom. The van der Waals surface area contributed by atoms with Crippen LogP contribution in [-0.2, 0) is 10.0 Å². The fourth-order valence-electron chi connectivity index (χ4n) is 3.98. The van der Waals surface area contributed by atoms with Crippen molar-refractivity contribution in [1.82, 2.24) is 9.88 Å². The second kappa shape index (κ2) is 9.08. The van der Waals surface area contributed by atoms with Gasteiger partial charge in [-0.15, -0.1) is 0 Å². The maximum Gasteiger partial charge on any atom is 0.264 e. The van der Waals surface area contributed by atoms with Crippen molar-refractivity contribution in [3.8, 4) is 0 Å². The number of nitrogens with zero attached hydrogens (tertiary/aromatic N) is 4. The van der Waals surface area contributed by atoms with Gasteiger partial charge in [0.05, 0.1) is 20.8 Å². The van der Waals surface area contributed by atoms with Crippen LogP contribution in [0.25, 0.3) is 10.2 Å². The second-order valence-electron chi connectivity index (χ2n) is 8.08. The summed E-state index contributed by atoms with van der Waals surface area (Å²) in [5, 5.41) is 0.977. The Bertz CT molecular complexity index is 1380. The second-order valence-corrected chi connectivity index (χ2v) is 11.1. The SMILES string of the molecule is CN(c1ccccc1)S(=O)(=O)c1ccc(C(=O)N2CCN(c3nc4ccccc4s3)CC2)cc1. The summed E-state index contributed by atoms with van der Waals surface area (Å²) >= 11 is 1.66. The number of thiazole rings is 1. The predicted molar refractivity (Wildman–Crippen MR) is 136 cm³/mol. The first-order valence-electron chi connectivity index (χ1n) is 11.0. The lowest BCUT2D eigenvalue weighted by molar-refractivity contribution is 0.0746. The van der Waals surface area contributed by atoms with Crippen LogP contribution in [0, 0.1) is 0 Å². The van der Waals surface area contributed by atoms with E-state index in [1.807, 2.05) is 29.2 Å². The lowest BCUT2D eigenvalue weighted by Gasteiger charge is -2.34. The van der Waals surface area contributed by atoms with Crippen molar-refractivity contribution in [3.63, 3.8) is 0 Å². The number of sulfonamides is 1. The molecule has 1 aliphatic heterocycles. The van der Waals surface area contributed by atoms with Crippen molar-refractivity contribution in [2.75, 3.05) is 42.4 Å². The number of benzene rings is 3. The van der Waals surface area contributed by atoms with Crippen LogP contribution in [0.5, 0.6) is 0 Å². The van der Waals surface area contributed by atoms with E-state index in [0.29, 0.717) is 37.4 Å². The minimum absolute atomic E-state index is 0.0932. The molecule has 0 unspecified atom stereocenters. The largest absolute Gasteiger partial charge is 0.345 e. The van der Waals surface area contributed by atoms with Crippen LogP contribution < -0.4 is 9.21 Å². The minimum atomic E-state index is -3.71. The Kier molecular flexibility index (Phi) is 5.97. The number of hydrogen-bond donors (Lipinski definition) is 0. The molecule has 1 aromatic heterocycles. The number of aromatic nitrogens is 1. The highest BCUT2D eigenvalue weighted by molar-refractivity contribution is 7.92. The van der Waals surface area contributed by atoms with E-state index in [1.54, 1.807) is 47.7 Å². The molecule has 0 radical (unpaired) electrons. The zero-order valence-electron chi connectivity index (χ0n) is 18.7. The molecule has 1 aliphatic rings. The molecule has 9 heteroatoms. The topological polar surface area (TPSA) is 73.8 Å². The van der Waals surface area contributed by atoms with Gasteiger partial charge in [-0.2, -0.15) is 0 Å². The van der Waals surface area contributed by atoms with E-state index < -0.39 is 10.0 Å². The van der Waals surface area contributed by atoms with Crippen molar-refractivity contribution in [3.05, 3.63) is 84.4 Å². The number of piperazine rings is 1. The van der Waals surface area contributed by atoms with E-state index in [1.165, 1.54) is 23.5 Å². The van der Waals surface area contributed by atoms with Crippen LogP contribution in [0.4, 0.5) is 10.8 Å². The van der Waals surface area contributed by atoms with Crippen LogP contribution in [0.2, 0.25) is 0 Å². The lowest BCUT2D eigenvalue weighted by atomic mass is 10.2. The van der Waals surface area contributed by atoms with Crippen molar-refractivity contribution in [1.29, 1.82) is 0 Å². The standard InChI is InChI=1S/C25H24N4O3S2/c1-27(20-7-3-2-4-8-20)34(31,32)21-13-11-19(12-14-21)24(30)28-15-17-29(18-16-28)25-26-22-9-5-6-10-23(22)33-25/h2-14H,15-18H2,1H3. The van der Waals surface area contributed by atoms with Gasteiger partial charge < -0.3 is 9.80 Å². The Morgan fingerprint density at radius 1 is 0.882 bits per heavy atom. The molecule has 5 rings (SSSR count). The molecule has 0 bridgehead atoms. The van der Waals surface area contributed by atoms with Gasteiger partial charge in [0, 0.05) is 38.8 Å². The van der Waals surface area contributed by atoms with Crippen molar-refractivity contribution >= 4 is 48.3 Å². The first-order chi connectivity index (χ1) is 16.4. The minimum Gasteiger partial charge on any atom is -0.345 e. The van der Waals surface area contributed by atoms with Gasteiger partial charge in [-0.1, -0.05) is 41.7 Å². The van der Waals surface area contributed by atoms with Crippen molar-refractivity contribution in [2.24, 2.45) is 0 Å². The molecule has 1 fully saturated rings. The van der Waals surface area contributed by atoms with Crippen LogP contribution in [0.15, 0.2) is 83.8 Å². The molecule has 0 spiro atoms. The fourth-order valence-corrected chi connectivity index (χ4v) is 6.20. The van der Waals surface area contributed by atoms with Crippen LogP contribution >= 0.6 is 11.3 Å². The number of carbonyl (C=O) groups excluding carboxylic acids is 1. The highest BCUT2D eigenvalue weighted by atomic mass is 32.2. The number of rotatable bonds is 5. The molecule has 1 saturated heterocycles. The Hall–Kier alpha value is -3.43. The summed E-state index contributed by atoms with van der Waals surface area (Å²) in [6, 6.07) is 23.2. The number of carbonyl (C=O) groups is 1. The molecule has 0 aliphatic carbocycles. The van der Waals surface area contributed by atoms with Crippen molar-refractivity contribution in [2.45, 2.75) is 4.90 Å². The average Bonchev–Trinajstić information content (AvgIpc) is 3.33. The van der Waals surface area contributed by atoms with Gasteiger partial charge in [-0.3, -0.25) is 9.10 Å². The number of fused-ring (bicyclic) bond motifs is 1. The third-order valence-electron chi connectivity index (χ3n) is 6.00. The molecule has 0 saturated carbocycles. The summed E-state index contributed by atoms with van der Waals surface area (Å²) in [4.78, 5) is 21.9. The molecule has 34 heavy (non-hydrogen) atoms. The predicted octanol–water partition coefficient (Wildman–Crippen LogP) is 4.08. The molecule has 2 heterocycles. The van der Waals surface area contributed by atoms with E-state index in [0.717, 1.165) is 15.3 Å². The molecular weight excluding hydrogens is 468 g/mol. The summed E-state index contributed by atoms with van der Waals surface area (Å²) in [6.07, 6.45) is 0. The molecule has 7 nitrogen and oxygen atoms in total. The van der Waals surface area contributed by atoms with E-state index in [9.17, 15) is 13.2 Å². The Labute approximate surface area is 202 Å². The van der Waals surface area contributed by atoms with E-state index in [-0.39, 0.29) is 10.8 Å². The van der Waals surface area contributed by atoms with Gasteiger partial charge >= 0.3 is 0 Å². The molecule has 0 N–H and O–H groups in total. The molecule has 4 aromatic rings. The maximum absolute atomic E-state index is 13.0. The summed E-state index contributed by atoms with van der Waals surface area (Å²) in [5.41, 5.74) is 2.05. The summed E-state index contributed by atoms with van der Waals surface area (Å²) in [5.74, 6) is -0.0932. The van der Waals surface area contributed by atoms with Crippen LogP contribution in [0.1, 0.15) is 10.4 Å². The Balaban J connectivity index is 1.25. The highest BCUT2D eigenvalue weighted by Gasteiger charge is 2.25. The molecular formula is C25H24N4O3S2. The smallest absolute Gasteiger partial charge is 0.264 e. The molecule has 0 atom stereocenters. The average molecular weight is 493 g/mol. The molecule has 3 aromatic carbocycles. The van der Waals surface area contributed by atoms with Gasteiger partial charge in [0.1, 0.15) is 0 Å². The molecule has 1 amide bonds. The van der Waals surface area contributed by atoms with Gasteiger partial charge in [0.2, 0.25) is 0 Å². The first kappa shape index (κ1) is 22.4. The quantitative estimate of drug-likeness (QED) is 0.420. The van der Waals surface area contributed by atoms with Crippen LogP contribution in [-0.4, -0.2) is 57.4 Å². The van der Waals surface area contributed by atoms with E-state index >= 15 is 0 Å². The van der Waals surface area contributed by atoms with Gasteiger partial charge in [0.15, 0.2) is 5.13 Å². The summed E-state index contributed by atoms with van der Waals surface area (Å²) in [6.45, 7) is 2.59. The fraction of sp³-hybridized carbons (Fsp3) is 0.200. The summed E-state index contributed by atoms with van der Waals surface area (Å²) < 4.78 is 28.3. The zero-order chi connectivity index (χ0) is 23.7. The first-order valence-corrected chi connectivity index (χ1v) is 13.2. The lowest BCUT2D eigenvalue weighted by Crippen LogP contribution is -2.48. The van der Waals surface area contributed by atoms with Gasteiger partial charge in [-0.25, -0.2) is 13.4 Å². The summed E-state index contributed by atoms with van der Waals surface area (Å²) in [7, 11) is -2.19. The van der Waals surface area contributed by atoms with Crippen molar-refractivity contribution < 1.29 is 13.2 Å². The number of para-hydroxylation sites is 2. The monoisotopic (exact) mass is 492 g/mol. The number of anilines is 2.